The van der Waals surface area contributed by atoms with Crippen molar-refractivity contribution in [1.82, 2.24) is 0 Å². The summed E-state index contributed by atoms with van der Waals surface area (Å²) in [6.45, 7) is 0. The lowest BCUT2D eigenvalue weighted by Crippen LogP contribution is -2.56. The molecule has 0 aromatic rings. The van der Waals surface area contributed by atoms with Crippen LogP contribution < -0.4 is 0 Å². The summed E-state index contributed by atoms with van der Waals surface area (Å²) in [7, 11) is -3.18. The lowest BCUT2D eigenvalue weighted by molar-refractivity contribution is -0.343. The number of rotatable bonds is 6. The smallest absolute Gasteiger partial charge is 0.312 e. The second-order valence-electron chi connectivity index (χ2n) is 3.20. The van der Waals surface area contributed by atoms with Crippen molar-refractivity contribution in [3.8, 4) is 0 Å². The van der Waals surface area contributed by atoms with Crippen LogP contribution in [-0.2, 0) is 18.4 Å². The maximum Gasteiger partial charge on any atom is 0.460 e. The number of carbonyl (C=O) groups excluding carboxylic acids is 1. The number of halogens is 7. The third-order valence-corrected chi connectivity index (χ3v) is 3.78. The average molecular weight is 320 g/mol. The second kappa shape index (κ2) is 5.37. The van der Waals surface area contributed by atoms with Crippen molar-refractivity contribution in [2.45, 2.75) is 18.0 Å². The highest BCUT2D eigenvalue weighted by Gasteiger charge is 2.76. The quantitative estimate of drug-likeness (QED) is 0.558. The molecule has 12 heteroatoms. The largest absolute Gasteiger partial charge is 0.460 e. The van der Waals surface area contributed by atoms with Gasteiger partial charge in [-0.3, -0.25) is 9.36 Å². The van der Waals surface area contributed by atoms with E-state index in [2.05, 4.69) is 9.05 Å². The van der Waals surface area contributed by atoms with Crippen molar-refractivity contribution < 1.29 is 49.1 Å². The third-order valence-electron chi connectivity index (χ3n) is 1.99. The van der Waals surface area contributed by atoms with E-state index in [0.29, 0.717) is 14.2 Å². The minimum Gasteiger partial charge on any atom is -0.312 e. The van der Waals surface area contributed by atoms with Gasteiger partial charge in [0, 0.05) is 14.2 Å². The van der Waals surface area contributed by atoms with Gasteiger partial charge < -0.3 is 9.05 Å². The summed E-state index contributed by atoms with van der Waals surface area (Å²) < 4.78 is 105. The van der Waals surface area contributed by atoms with Gasteiger partial charge in [-0.05, 0) is 0 Å². The molecule has 0 rings (SSSR count). The molecule has 0 atom stereocenters. The summed E-state index contributed by atoms with van der Waals surface area (Å²) in [6.07, 6.45) is -8.56. The molecule has 0 amide bonds. The standard InChI is InChI=1S/C7H8F7O4P/c1-17-19(16,18-2)3-4(15)5(8,9)6(10,11)7(12,13)14/h3H2,1-2H3. The van der Waals surface area contributed by atoms with Gasteiger partial charge in [-0.15, -0.1) is 0 Å². The van der Waals surface area contributed by atoms with Gasteiger partial charge >= 0.3 is 25.6 Å². The first kappa shape index (κ1) is 18.3. The molecule has 0 aromatic carbocycles. The Bertz CT molecular complexity index is 383. The zero-order valence-corrected chi connectivity index (χ0v) is 10.3. The molecule has 0 heterocycles. The van der Waals surface area contributed by atoms with E-state index in [-0.39, 0.29) is 0 Å². The van der Waals surface area contributed by atoms with E-state index >= 15 is 0 Å². The Morgan fingerprint density at radius 3 is 1.63 bits per heavy atom. The molecule has 4 nitrogen and oxygen atoms in total. The summed E-state index contributed by atoms with van der Waals surface area (Å²) in [5.74, 6) is -15.6. The Morgan fingerprint density at radius 2 is 1.37 bits per heavy atom. The van der Waals surface area contributed by atoms with Gasteiger partial charge in [-0.2, -0.15) is 30.7 Å². The van der Waals surface area contributed by atoms with Crippen LogP contribution in [0.4, 0.5) is 30.7 Å². The number of Topliss-reactive ketones (excluding diaryl/α,β-unsaturated/α-hetero) is 1. The highest BCUT2D eigenvalue weighted by Crippen LogP contribution is 2.51. The summed E-state index contributed by atoms with van der Waals surface area (Å²) in [4.78, 5) is 10.8. The Hall–Kier alpha value is -0.670. The van der Waals surface area contributed by atoms with E-state index in [0.717, 1.165) is 0 Å². The van der Waals surface area contributed by atoms with E-state index in [9.17, 15) is 40.1 Å². The van der Waals surface area contributed by atoms with Gasteiger partial charge in [0.25, 0.3) is 0 Å². The van der Waals surface area contributed by atoms with Crippen LogP contribution in [0.15, 0.2) is 0 Å². The van der Waals surface area contributed by atoms with Crippen molar-refractivity contribution in [2.75, 3.05) is 20.4 Å². The summed E-state index contributed by atoms with van der Waals surface area (Å²) >= 11 is 0. The van der Waals surface area contributed by atoms with Crippen molar-refractivity contribution >= 4 is 13.4 Å². The zero-order chi connectivity index (χ0) is 15.7. The lowest BCUT2D eigenvalue weighted by Gasteiger charge is -2.27. The molecular formula is C7H8F7O4P. The van der Waals surface area contributed by atoms with Gasteiger partial charge in [-0.1, -0.05) is 0 Å². The predicted molar refractivity (Wildman–Crippen MR) is 47.4 cm³/mol. The van der Waals surface area contributed by atoms with Gasteiger partial charge in [0.1, 0.15) is 6.16 Å². The van der Waals surface area contributed by atoms with Crippen molar-refractivity contribution in [3.05, 3.63) is 0 Å². The first-order chi connectivity index (χ1) is 8.25. The zero-order valence-electron chi connectivity index (χ0n) is 9.43. The SMILES string of the molecule is COP(=O)(CC(=O)C(F)(F)C(F)(F)C(F)(F)F)OC. The molecule has 0 saturated carbocycles. The lowest BCUT2D eigenvalue weighted by atomic mass is 10.1. The molecule has 114 valence electrons. The van der Waals surface area contributed by atoms with E-state index in [4.69, 9.17) is 0 Å². The molecule has 0 radical (unpaired) electrons. The number of carbonyl (C=O) groups is 1. The van der Waals surface area contributed by atoms with Gasteiger partial charge in [0.05, 0.1) is 0 Å². The average Bonchev–Trinajstić information content (AvgIpc) is 2.26. The predicted octanol–water partition coefficient (Wildman–Crippen LogP) is 2.87. The molecular weight excluding hydrogens is 312 g/mol. The monoisotopic (exact) mass is 320 g/mol. The van der Waals surface area contributed by atoms with Crippen LogP contribution in [0.1, 0.15) is 0 Å². The van der Waals surface area contributed by atoms with Crippen molar-refractivity contribution in [3.63, 3.8) is 0 Å². The van der Waals surface area contributed by atoms with Gasteiger partial charge in [0.2, 0.25) is 5.78 Å². The molecule has 0 bridgehead atoms. The molecule has 0 aliphatic heterocycles. The van der Waals surface area contributed by atoms with Gasteiger partial charge in [-0.25, -0.2) is 0 Å². The topological polar surface area (TPSA) is 52.6 Å². The Kier molecular flexibility index (Phi) is 5.18. The normalized spacial score (nSPS) is 14.6. The fourth-order valence-corrected chi connectivity index (χ4v) is 1.79. The molecule has 0 unspecified atom stereocenters. The number of alkyl halides is 7. The molecule has 19 heavy (non-hydrogen) atoms. The van der Waals surface area contributed by atoms with E-state index in [1.54, 1.807) is 0 Å². The first-order valence-corrected chi connectivity index (χ1v) is 6.04. The fraction of sp³-hybridized carbons (Fsp3) is 0.857. The molecule has 0 spiro atoms. The van der Waals surface area contributed by atoms with Crippen molar-refractivity contribution in [1.29, 1.82) is 0 Å². The number of ketones is 1. The van der Waals surface area contributed by atoms with E-state index in [1.807, 2.05) is 0 Å². The van der Waals surface area contributed by atoms with Crippen LogP contribution in [0.5, 0.6) is 0 Å². The van der Waals surface area contributed by atoms with Crippen LogP contribution in [0.2, 0.25) is 0 Å². The van der Waals surface area contributed by atoms with Crippen LogP contribution in [0.3, 0.4) is 0 Å². The minimum atomic E-state index is -6.64. The number of hydrogen-bond acceptors (Lipinski definition) is 4. The van der Waals surface area contributed by atoms with Crippen LogP contribution in [0.25, 0.3) is 0 Å². The fourth-order valence-electron chi connectivity index (χ4n) is 0.832. The summed E-state index contributed by atoms with van der Waals surface area (Å²) in [6, 6.07) is 0. The van der Waals surface area contributed by atoms with E-state index in [1.165, 1.54) is 0 Å². The van der Waals surface area contributed by atoms with Crippen LogP contribution >= 0.6 is 7.60 Å². The maximum absolute atomic E-state index is 12.8. The Balaban J connectivity index is 5.35. The minimum absolute atomic E-state index is 0.650. The van der Waals surface area contributed by atoms with Gasteiger partial charge in [0.15, 0.2) is 0 Å². The van der Waals surface area contributed by atoms with Crippen LogP contribution in [0, 0.1) is 0 Å². The molecule has 0 aliphatic rings. The Morgan fingerprint density at radius 1 is 1.00 bits per heavy atom. The third kappa shape index (κ3) is 3.46. The second-order valence-corrected chi connectivity index (χ2v) is 5.47. The molecule has 0 aliphatic carbocycles. The summed E-state index contributed by atoms with van der Waals surface area (Å²) in [5.41, 5.74) is 0. The highest BCUT2D eigenvalue weighted by atomic mass is 31.2. The molecule has 0 N–H and O–H groups in total. The van der Waals surface area contributed by atoms with Crippen LogP contribution in [-0.4, -0.2) is 44.2 Å². The summed E-state index contributed by atoms with van der Waals surface area (Å²) in [5, 5.41) is 0. The Labute approximate surface area is 102 Å². The van der Waals surface area contributed by atoms with E-state index < -0.39 is 37.6 Å². The highest BCUT2D eigenvalue weighted by molar-refractivity contribution is 7.54. The molecule has 0 aromatic heterocycles. The number of hydrogen-bond donors (Lipinski definition) is 0. The molecule has 0 fully saturated rings. The maximum atomic E-state index is 12.8. The van der Waals surface area contributed by atoms with Crippen molar-refractivity contribution in [2.24, 2.45) is 0 Å². The molecule has 0 saturated heterocycles. The first-order valence-electron chi connectivity index (χ1n) is 4.31.